The summed E-state index contributed by atoms with van der Waals surface area (Å²) in [5.41, 5.74) is 0. The number of ether oxygens (including phenoxy) is 1. The molecule has 4 nitrogen and oxygen atoms in total. The predicted molar refractivity (Wildman–Crippen MR) is 74.5 cm³/mol. The van der Waals surface area contributed by atoms with Gasteiger partial charge >= 0.3 is 0 Å². The molecule has 0 aromatic rings. The molecule has 2 unspecified atom stereocenters. The minimum atomic E-state index is -2.91. The van der Waals surface area contributed by atoms with Crippen LogP contribution in [0.25, 0.3) is 0 Å². The minimum Gasteiger partial charge on any atom is -0.380 e. The molecule has 0 spiro atoms. The van der Waals surface area contributed by atoms with Crippen LogP contribution in [0.2, 0.25) is 0 Å². The predicted octanol–water partition coefficient (Wildman–Crippen LogP) is 1.60. The molecule has 1 aliphatic carbocycles. The van der Waals surface area contributed by atoms with Gasteiger partial charge in [-0.3, -0.25) is 0 Å². The van der Waals surface area contributed by atoms with E-state index in [9.17, 15) is 8.42 Å². The second kappa shape index (κ2) is 7.46. The quantitative estimate of drug-likeness (QED) is 0.685. The lowest BCUT2D eigenvalue weighted by Crippen LogP contribution is -2.41. The maximum absolute atomic E-state index is 11.6. The highest BCUT2D eigenvalue weighted by atomic mass is 32.2. The normalized spacial score (nSPS) is 24.9. The van der Waals surface area contributed by atoms with Gasteiger partial charge in [0.25, 0.3) is 0 Å². The van der Waals surface area contributed by atoms with Gasteiger partial charge in [0.05, 0.1) is 11.9 Å². The van der Waals surface area contributed by atoms with Crippen LogP contribution in [-0.2, 0) is 14.6 Å². The summed E-state index contributed by atoms with van der Waals surface area (Å²) in [5, 5.41) is 3.12. The molecule has 0 aromatic carbocycles. The third kappa shape index (κ3) is 5.67. The maximum Gasteiger partial charge on any atom is 0.151 e. The molecule has 0 aromatic heterocycles. The van der Waals surface area contributed by atoms with Crippen molar-refractivity contribution in [3.8, 4) is 0 Å². The Hall–Kier alpha value is -0.130. The minimum absolute atomic E-state index is 0.119. The zero-order valence-electron chi connectivity index (χ0n) is 11.8. The van der Waals surface area contributed by atoms with E-state index >= 15 is 0 Å². The van der Waals surface area contributed by atoms with Gasteiger partial charge < -0.3 is 10.1 Å². The first-order chi connectivity index (χ1) is 8.41. The van der Waals surface area contributed by atoms with E-state index in [2.05, 4.69) is 19.2 Å². The zero-order chi connectivity index (χ0) is 13.6. The number of nitrogens with one attached hydrogen (secondary N) is 1. The Bertz CT molecular complexity index is 327. The summed E-state index contributed by atoms with van der Waals surface area (Å²) in [5.74, 6) is 0.669. The molecule has 1 fully saturated rings. The smallest absolute Gasteiger partial charge is 0.151 e. The molecule has 1 rings (SSSR count). The van der Waals surface area contributed by atoms with Crippen molar-refractivity contribution in [3.63, 3.8) is 0 Å². The van der Waals surface area contributed by atoms with Gasteiger partial charge in [-0.15, -0.1) is 0 Å². The number of sulfone groups is 1. The number of hydrogen-bond donors (Lipinski definition) is 1. The fraction of sp³-hybridized carbons (Fsp3) is 1.00. The Morgan fingerprint density at radius 2 is 2.00 bits per heavy atom. The second-order valence-electron chi connectivity index (χ2n) is 5.65. The highest BCUT2D eigenvalue weighted by Crippen LogP contribution is 2.24. The van der Waals surface area contributed by atoms with Crippen LogP contribution in [0.5, 0.6) is 0 Å². The molecular formula is C13H27NO3S. The van der Waals surface area contributed by atoms with Gasteiger partial charge in [-0.1, -0.05) is 20.3 Å². The molecule has 5 heteroatoms. The molecule has 1 aliphatic rings. The van der Waals surface area contributed by atoms with Gasteiger partial charge in [0, 0.05) is 25.4 Å². The van der Waals surface area contributed by atoms with Crippen LogP contribution in [0.4, 0.5) is 0 Å². The number of rotatable bonds is 8. The van der Waals surface area contributed by atoms with Crippen LogP contribution in [-0.4, -0.2) is 45.7 Å². The molecular weight excluding hydrogens is 250 g/mol. The van der Waals surface area contributed by atoms with Crippen LogP contribution in [0, 0.1) is 5.92 Å². The molecule has 0 aliphatic heterocycles. The van der Waals surface area contributed by atoms with Crippen molar-refractivity contribution < 1.29 is 13.2 Å². The zero-order valence-corrected chi connectivity index (χ0v) is 12.6. The monoisotopic (exact) mass is 277 g/mol. The summed E-state index contributed by atoms with van der Waals surface area (Å²) in [7, 11) is -2.91. The second-order valence-corrected chi connectivity index (χ2v) is 7.92. The van der Waals surface area contributed by atoms with Gasteiger partial charge in [-0.25, -0.2) is 8.42 Å². The third-order valence-corrected chi connectivity index (χ3v) is 5.16. The van der Waals surface area contributed by atoms with Crippen molar-refractivity contribution in [1.82, 2.24) is 5.32 Å². The fourth-order valence-electron chi connectivity index (χ4n) is 2.41. The van der Waals surface area contributed by atoms with E-state index in [1.54, 1.807) is 0 Å². The molecule has 2 atom stereocenters. The van der Waals surface area contributed by atoms with Gasteiger partial charge in [-0.2, -0.15) is 0 Å². The van der Waals surface area contributed by atoms with E-state index in [1.807, 2.05) is 0 Å². The van der Waals surface area contributed by atoms with Crippen molar-refractivity contribution >= 4 is 9.84 Å². The Labute approximate surface area is 111 Å². The topological polar surface area (TPSA) is 55.4 Å². The van der Waals surface area contributed by atoms with Crippen LogP contribution in [0.15, 0.2) is 0 Å². The van der Waals surface area contributed by atoms with Crippen molar-refractivity contribution in [2.24, 2.45) is 5.92 Å². The van der Waals surface area contributed by atoms with Crippen molar-refractivity contribution in [2.45, 2.75) is 50.8 Å². The fourth-order valence-corrected chi connectivity index (χ4v) is 3.83. The van der Waals surface area contributed by atoms with E-state index in [4.69, 9.17) is 4.74 Å². The Morgan fingerprint density at radius 3 is 2.61 bits per heavy atom. The molecule has 0 heterocycles. The van der Waals surface area contributed by atoms with Gasteiger partial charge in [-0.05, 0) is 25.2 Å². The van der Waals surface area contributed by atoms with Crippen molar-refractivity contribution in [3.05, 3.63) is 0 Å². The van der Waals surface area contributed by atoms with Crippen LogP contribution >= 0.6 is 0 Å². The lowest BCUT2D eigenvalue weighted by atomic mass is 10.1. The standard InChI is InChI=1S/C13H27NO3S/c1-11(2)7-9-17-10-8-14-12-5-4-6-13(12)18(3,15)16/h11-14H,4-10H2,1-3H3. The largest absolute Gasteiger partial charge is 0.380 e. The summed E-state index contributed by atoms with van der Waals surface area (Å²) < 4.78 is 28.7. The summed E-state index contributed by atoms with van der Waals surface area (Å²) in [4.78, 5) is 0. The Balaban J connectivity index is 2.15. The molecule has 108 valence electrons. The van der Waals surface area contributed by atoms with Crippen LogP contribution in [0.1, 0.15) is 39.5 Å². The van der Waals surface area contributed by atoms with Crippen LogP contribution < -0.4 is 5.32 Å². The summed E-state index contributed by atoms with van der Waals surface area (Å²) in [6, 6.07) is 0.119. The Kier molecular flexibility index (Phi) is 6.60. The molecule has 0 saturated heterocycles. The number of hydrogen-bond acceptors (Lipinski definition) is 4. The van der Waals surface area contributed by atoms with Gasteiger partial charge in [0.1, 0.15) is 0 Å². The third-order valence-electron chi connectivity index (χ3n) is 3.49. The molecule has 1 saturated carbocycles. The summed E-state index contributed by atoms with van der Waals surface area (Å²) in [6.07, 6.45) is 5.18. The average molecular weight is 277 g/mol. The van der Waals surface area contributed by atoms with E-state index in [0.29, 0.717) is 12.5 Å². The van der Waals surface area contributed by atoms with E-state index in [1.165, 1.54) is 6.26 Å². The first-order valence-corrected chi connectivity index (χ1v) is 8.86. The lowest BCUT2D eigenvalue weighted by Gasteiger charge is -2.19. The first-order valence-electron chi connectivity index (χ1n) is 6.91. The van der Waals surface area contributed by atoms with E-state index in [0.717, 1.165) is 38.8 Å². The summed E-state index contributed by atoms with van der Waals surface area (Å²) >= 11 is 0. The van der Waals surface area contributed by atoms with Crippen molar-refractivity contribution in [2.75, 3.05) is 26.0 Å². The Morgan fingerprint density at radius 1 is 1.28 bits per heavy atom. The van der Waals surface area contributed by atoms with E-state index in [-0.39, 0.29) is 11.3 Å². The average Bonchev–Trinajstić information content (AvgIpc) is 2.70. The molecule has 1 N–H and O–H groups in total. The summed E-state index contributed by atoms with van der Waals surface area (Å²) in [6.45, 7) is 6.56. The van der Waals surface area contributed by atoms with E-state index < -0.39 is 9.84 Å². The highest BCUT2D eigenvalue weighted by Gasteiger charge is 2.34. The molecule has 0 bridgehead atoms. The highest BCUT2D eigenvalue weighted by molar-refractivity contribution is 7.91. The SMILES string of the molecule is CC(C)CCOCCNC1CCCC1S(C)(=O)=O. The molecule has 0 amide bonds. The molecule has 18 heavy (non-hydrogen) atoms. The van der Waals surface area contributed by atoms with Crippen LogP contribution in [0.3, 0.4) is 0 Å². The molecule has 0 radical (unpaired) electrons. The first kappa shape index (κ1) is 15.9. The lowest BCUT2D eigenvalue weighted by molar-refractivity contribution is 0.123. The van der Waals surface area contributed by atoms with Gasteiger partial charge in [0.15, 0.2) is 9.84 Å². The van der Waals surface area contributed by atoms with Crippen molar-refractivity contribution in [1.29, 1.82) is 0 Å². The maximum atomic E-state index is 11.6. The van der Waals surface area contributed by atoms with Gasteiger partial charge in [0.2, 0.25) is 0 Å².